The molecule has 7 heteroatoms. The van der Waals surface area contributed by atoms with Crippen LogP contribution in [0.25, 0.3) is 0 Å². The summed E-state index contributed by atoms with van der Waals surface area (Å²) in [5, 5.41) is 7.20. The zero-order valence-electron chi connectivity index (χ0n) is 14.5. The second-order valence-electron chi connectivity index (χ2n) is 6.39. The van der Waals surface area contributed by atoms with Gasteiger partial charge in [-0.05, 0) is 30.0 Å². The van der Waals surface area contributed by atoms with Crippen molar-refractivity contribution >= 4 is 17.5 Å². The number of benzene rings is 1. The molecule has 0 saturated carbocycles. The second kappa shape index (κ2) is 7.89. The van der Waals surface area contributed by atoms with Crippen LogP contribution in [0.4, 0.5) is 5.95 Å². The lowest BCUT2D eigenvalue weighted by molar-refractivity contribution is 0.157. The molecule has 0 amide bonds. The van der Waals surface area contributed by atoms with E-state index in [1.165, 1.54) is 17.4 Å². The molecule has 1 aromatic carbocycles. The first kappa shape index (κ1) is 17.8. The minimum atomic E-state index is -0.146. The summed E-state index contributed by atoms with van der Waals surface area (Å²) in [4.78, 5) is 22.4. The molecule has 3 rings (SSSR count). The van der Waals surface area contributed by atoms with E-state index in [4.69, 9.17) is 16.4 Å². The van der Waals surface area contributed by atoms with Gasteiger partial charge in [0, 0.05) is 31.1 Å². The molecule has 2 N–H and O–H groups in total. The minimum absolute atomic E-state index is 0.146. The highest BCUT2D eigenvalue weighted by atomic mass is 35.5. The average Bonchev–Trinajstić information content (AvgIpc) is 2.62. The predicted molar refractivity (Wildman–Crippen MR) is 99.2 cm³/mol. The van der Waals surface area contributed by atoms with Gasteiger partial charge in [0.25, 0.3) is 5.56 Å². The SMILES string of the molecule is COn1c(NC[C@@H](C)Cc2ccc(Cl)cc2)nc2c(c1=O)CNCC2. The van der Waals surface area contributed by atoms with E-state index in [1.54, 1.807) is 0 Å². The summed E-state index contributed by atoms with van der Waals surface area (Å²) in [6, 6.07) is 7.87. The monoisotopic (exact) mass is 362 g/mol. The normalized spacial score (nSPS) is 14.7. The van der Waals surface area contributed by atoms with Crippen LogP contribution in [0.5, 0.6) is 0 Å². The van der Waals surface area contributed by atoms with E-state index in [9.17, 15) is 4.79 Å². The summed E-state index contributed by atoms with van der Waals surface area (Å²) in [5.41, 5.74) is 2.62. The second-order valence-corrected chi connectivity index (χ2v) is 6.82. The summed E-state index contributed by atoms with van der Waals surface area (Å²) in [6.45, 7) is 4.22. The van der Waals surface area contributed by atoms with Crippen molar-refractivity contribution in [3.63, 3.8) is 0 Å². The molecule has 2 heterocycles. The van der Waals surface area contributed by atoms with Gasteiger partial charge in [0.15, 0.2) is 0 Å². The van der Waals surface area contributed by atoms with Crippen LogP contribution >= 0.6 is 11.6 Å². The van der Waals surface area contributed by atoms with Gasteiger partial charge in [0.05, 0.1) is 11.3 Å². The maximum absolute atomic E-state index is 12.5. The Kier molecular flexibility index (Phi) is 5.60. The molecule has 0 unspecified atom stereocenters. The van der Waals surface area contributed by atoms with Gasteiger partial charge in [-0.3, -0.25) is 4.79 Å². The lowest BCUT2D eigenvalue weighted by atomic mass is 10.0. The largest absolute Gasteiger partial charge is 0.411 e. The van der Waals surface area contributed by atoms with E-state index in [0.717, 1.165) is 30.1 Å². The number of hydrogen-bond acceptors (Lipinski definition) is 5. The van der Waals surface area contributed by atoms with Gasteiger partial charge in [-0.25, -0.2) is 4.98 Å². The van der Waals surface area contributed by atoms with E-state index in [1.807, 2.05) is 24.3 Å². The number of nitrogens with one attached hydrogen (secondary N) is 2. The highest BCUT2D eigenvalue weighted by molar-refractivity contribution is 6.30. The van der Waals surface area contributed by atoms with E-state index < -0.39 is 0 Å². The molecular weight excluding hydrogens is 340 g/mol. The van der Waals surface area contributed by atoms with Crippen LogP contribution < -0.4 is 21.0 Å². The highest BCUT2D eigenvalue weighted by Crippen LogP contribution is 2.15. The van der Waals surface area contributed by atoms with Gasteiger partial charge in [0.1, 0.15) is 7.11 Å². The van der Waals surface area contributed by atoms with Crippen molar-refractivity contribution in [1.29, 1.82) is 0 Å². The molecule has 1 aliphatic heterocycles. The summed E-state index contributed by atoms with van der Waals surface area (Å²) in [5.74, 6) is 0.831. The molecule has 2 aromatic rings. The molecule has 0 aliphatic carbocycles. The highest BCUT2D eigenvalue weighted by Gasteiger charge is 2.19. The van der Waals surface area contributed by atoms with Crippen molar-refractivity contribution in [2.24, 2.45) is 5.92 Å². The molecule has 1 atom stereocenters. The van der Waals surface area contributed by atoms with Gasteiger partial charge in [-0.1, -0.05) is 30.7 Å². The lowest BCUT2D eigenvalue weighted by Crippen LogP contribution is -2.38. The first-order valence-electron chi connectivity index (χ1n) is 8.46. The Morgan fingerprint density at radius 2 is 2.16 bits per heavy atom. The fraction of sp³-hybridized carbons (Fsp3) is 0.444. The van der Waals surface area contributed by atoms with Crippen LogP contribution in [0.15, 0.2) is 29.1 Å². The molecule has 134 valence electrons. The number of halogens is 1. The minimum Gasteiger partial charge on any atom is -0.411 e. The third-order valence-electron chi connectivity index (χ3n) is 4.35. The van der Waals surface area contributed by atoms with Crippen molar-refractivity contribution < 1.29 is 4.84 Å². The molecule has 0 fully saturated rings. The zero-order valence-corrected chi connectivity index (χ0v) is 15.3. The fourth-order valence-electron chi connectivity index (χ4n) is 3.03. The maximum atomic E-state index is 12.5. The molecule has 0 bridgehead atoms. The molecule has 0 spiro atoms. The Morgan fingerprint density at radius 3 is 2.88 bits per heavy atom. The number of rotatable bonds is 6. The summed E-state index contributed by atoms with van der Waals surface area (Å²) < 4.78 is 1.24. The number of nitrogens with zero attached hydrogens (tertiary/aromatic N) is 2. The van der Waals surface area contributed by atoms with Crippen molar-refractivity contribution in [2.75, 3.05) is 25.5 Å². The van der Waals surface area contributed by atoms with Gasteiger partial charge >= 0.3 is 0 Å². The standard InChI is InChI=1S/C18H23ClN4O2/c1-12(9-13-3-5-14(19)6-4-13)10-21-18-22-16-7-8-20-11-15(16)17(24)23(18)25-2/h3-6,12,20H,7-11H2,1-2H3,(H,21,22)/t12-/m0/s1. The van der Waals surface area contributed by atoms with Crippen LogP contribution in [0, 0.1) is 5.92 Å². The molecule has 0 saturated heterocycles. The fourth-order valence-corrected chi connectivity index (χ4v) is 3.15. The number of hydrogen-bond donors (Lipinski definition) is 2. The van der Waals surface area contributed by atoms with E-state index in [2.05, 4.69) is 22.5 Å². The Balaban J connectivity index is 1.70. The van der Waals surface area contributed by atoms with Gasteiger partial charge in [-0.15, -0.1) is 4.73 Å². The Labute approximate surface area is 152 Å². The van der Waals surface area contributed by atoms with E-state index >= 15 is 0 Å². The smallest absolute Gasteiger partial charge is 0.292 e. The topological polar surface area (TPSA) is 68.2 Å². The van der Waals surface area contributed by atoms with Crippen LogP contribution in [-0.2, 0) is 19.4 Å². The van der Waals surface area contributed by atoms with Crippen LogP contribution in [0.2, 0.25) is 5.02 Å². The van der Waals surface area contributed by atoms with E-state index in [0.29, 0.717) is 30.5 Å². The van der Waals surface area contributed by atoms with Gasteiger partial charge < -0.3 is 15.5 Å². The van der Waals surface area contributed by atoms with Gasteiger partial charge in [-0.2, -0.15) is 0 Å². The number of anilines is 1. The number of aromatic nitrogens is 2. The van der Waals surface area contributed by atoms with E-state index in [-0.39, 0.29) is 5.56 Å². The Hall–Kier alpha value is -2.05. The molecule has 1 aromatic heterocycles. The van der Waals surface area contributed by atoms with Crippen LogP contribution in [0.3, 0.4) is 0 Å². The molecule has 6 nitrogen and oxygen atoms in total. The third-order valence-corrected chi connectivity index (χ3v) is 4.61. The lowest BCUT2D eigenvalue weighted by Gasteiger charge is -2.20. The van der Waals surface area contributed by atoms with Crippen molar-refractivity contribution in [3.05, 3.63) is 56.5 Å². The zero-order chi connectivity index (χ0) is 17.8. The van der Waals surface area contributed by atoms with Gasteiger partial charge in [0.2, 0.25) is 5.95 Å². The molecule has 0 radical (unpaired) electrons. The molecular formula is C18H23ClN4O2. The molecule has 25 heavy (non-hydrogen) atoms. The third kappa shape index (κ3) is 4.14. The molecule has 1 aliphatic rings. The first-order valence-corrected chi connectivity index (χ1v) is 8.84. The summed E-state index contributed by atoms with van der Waals surface area (Å²) in [7, 11) is 1.48. The number of fused-ring (bicyclic) bond motifs is 1. The Bertz CT molecular complexity index is 789. The summed E-state index contributed by atoms with van der Waals surface area (Å²) in [6.07, 6.45) is 1.67. The van der Waals surface area contributed by atoms with Crippen LogP contribution in [0.1, 0.15) is 23.7 Å². The summed E-state index contributed by atoms with van der Waals surface area (Å²) >= 11 is 5.92. The van der Waals surface area contributed by atoms with Crippen molar-refractivity contribution in [1.82, 2.24) is 15.0 Å². The quantitative estimate of drug-likeness (QED) is 0.821. The van der Waals surface area contributed by atoms with Crippen LogP contribution in [-0.4, -0.2) is 29.9 Å². The first-order chi connectivity index (χ1) is 12.1. The van der Waals surface area contributed by atoms with Crippen molar-refractivity contribution in [3.8, 4) is 0 Å². The predicted octanol–water partition coefficient (Wildman–Crippen LogP) is 1.89. The Morgan fingerprint density at radius 1 is 1.40 bits per heavy atom. The average molecular weight is 363 g/mol. The maximum Gasteiger partial charge on any atom is 0.292 e. The van der Waals surface area contributed by atoms with Crippen molar-refractivity contribution in [2.45, 2.75) is 26.3 Å².